The summed E-state index contributed by atoms with van der Waals surface area (Å²) in [6.45, 7) is 0. The molecule has 3 aromatic rings. The molecule has 2 aliphatic rings. The van der Waals surface area contributed by atoms with Crippen molar-refractivity contribution in [3.05, 3.63) is 54.1 Å². The van der Waals surface area contributed by atoms with Crippen molar-refractivity contribution in [2.75, 3.05) is 7.11 Å². The molecular formula is C22H22N2O3. The first-order valence-electron chi connectivity index (χ1n) is 9.55. The number of rotatable bonds is 3. The van der Waals surface area contributed by atoms with Gasteiger partial charge in [0.15, 0.2) is 5.76 Å². The molecule has 2 bridgehead atoms. The van der Waals surface area contributed by atoms with Crippen molar-refractivity contribution in [2.24, 2.45) is 0 Å². The van der Waals surface area contributed by atoms with Crippen LogP contribution in [0.15, 0.2) is 53.1 Å². The number of nitrogens with zero attached hydrogens (tertiary/aromatic N) is 2. The maximum atomic E-state index is 13.3. The van der Waals surface area contributed by atoms with Crippen LogP contribution in [0.25, 0.3) is 22.2 Å². The van der Waals surface area contributed by atoms with Crippen LogP contribution in [0.2, 0.25) is 0 Å². The van der Waals surface area contributed by atoms with Gasteiger partial charge in [-0.1, -0.05) is 35.5 Å². The lowest BCUT2D eigenvalue weighted by molar-refractivity contribution is 0.00823. The van der Waals surface area contributed by atoms with Gasteiger partial charge in [-0.2, -0.15) is 0 Å². The molecule has 5 heteroatoms. The van der Waals surface area contributed by atoms with E-state index in [1.54, 1.807) is 7.11 Å². The number of ether oxygens (including phenoxy) is 1. The quantitative estimate of drug-likeness (QED) is 0.698. The predicted molar refractivity (Wildman–Crippen MR) is 102 cm³/mol. The maximum absolute atomic E-state index is 13.3. The molecule has 0 saturated carbocycles. The smallest absolute Gasteiger partial charge is 0.254 e. The fourth-order valence-electron chi connectivity index (χ4n) is 4.67. The lowest BCUT2D eigenvalue weighted by atomic mass is 9.98. The second-order valence-corrected chi connectivity index (χ2v) is 7.54. The van der Waals surface area contributed by atoms with Gasteiger partial charge in [0, 0.05) is 30.3 Å². The number of carbonyl (C=O) groups excluding carboxylic acids is 1. The van der Waals surface area contributed by atoms with E-state index < -0.39 is 0 Å². The molecule has 2 saturated heterocycles. The molecule has 2 fully saturated rings. The Morgan fingerprint density at radius 2 is 1.85 bits per heavy atom. The molecule has 138 valence electrons. The first-order chi connectivity index (χ1) is 13.2. The van der Waals surface area contributed by atoms with Gasteiger partial charge < -0.3 is 14.2 Å². The highest BCUT2D eigenvalue weighted by Crippen LogP contribution is 2.38. The van der Waals surface area contributed by atoms with Crippen molar-refractivity contribution in [3.63, 3.8) is 0 Å². The van der Waals surface area contributed by atoms with Crippen LogP contribution < -0.4 is 0 Å². The third-order valence-electron chi connectivity index (χ3n) is 6.02. The van der Waals surface area contributed by atoms with Crippen molar-refractivity contribution in [1.82, 2.24) is 10.1 Å². The Morgan fingerprint density at radius 3 is 2.56 bits per heavy atom. The first-order valence-corrected chi connectivity index (χ1v) is 9.55. The summed E-state index contributed by atoms with van der Waals surface area (Å²) in [6.07, 6.45) is 4.28. The Morgan fingerprint density at radius 1 is 1.11 bits per heavy atom. The number of methoxy groups -OCH3 is 1. The van der Waals surface area contributed by atoms with Crippen LogP contribution in [0.3, 0.4) is 0 Å². The van der Waals surface area contributed by atoms with Crippen LogP contribution in [0.4, 0.5) is 0 Å². The van der Waals surface area contributed by atoms with Gasteiger partial charge in [-0.25, -0.2) is 0 Å². The van der Waals surface area contributed by atoms with E-state index in [1.807, 2.05) is 48.5 Å². The minimum Gasteiger partial charge on any atom is -0.381 e. The second kappa shape index (κ2) is 6.50. The largest absolute Gasteiger partial charge is 0.381 e. The zero-order valence-corrected chi connectivity index (χ0v) is 15.3. The number of piperidine rings is 1. The molecule has 0 N–H and O–H groups in total. The summed E-state index contributed by atoms with van der Waals surface area (Å²) in [6, 6.07) is 16.1. The summed E-state index contributed by atoms with van der Waals surface area (Å²) in [4.78, 5) is 15.4. The van der Waals surface area contributed by atoms with Crippen molar-refractivity contribution in [2.45, 2.75) is 43.9 Å². The molecule has 1 amide bonds. The number of carbonyl (C=O) groups is 1. The van der Waals surface area contributed by atoms with E-state index in [0.717, 1.165) is 42.1 Å². The number of benzene rings is 2. The fraction of sp³-hybridized carbons (Fsp3) is 0.364. The highest BCUT2D eigenvalue weighted by Gasteiger charge is 2.43. The van der Waals surface area contributed by atoms with Crippen molar-refractivity contribution in [3.8, 4) is 11.3 Å². The number of hydrogen-bond acceptors (Lipinski definition) is 4. The molecule has 0 spiro atoms. The summed E-state index contributed by atoms with van der Waals surface area (Å²) in [7, 11) is 1.77. The van der Waals surface area contributed by atoms with E-state index in [2.05, 4.69) is 10.1 Å². The van der Waals surface area contributed by atoms with Crippen molar-refractivity contribution >= 4 is 16.8 Å². The minimum absolute atomic E-state index is 0.110. The van der Waals surface area contributed by atoms with Crippen LogP contribution >= 0.6 is 0 Å². The van der Waals surface area contributed by atoms with E-state index in [9.17, 15) is 4.79 Å². The van der Waals surface area contributed by atoms with E-state index in [-0.39, 0.29) is 24.1 Å². The molecule has 5 nitrogen and oxygen atoms in total. The lowest BCUT2D eigenvalue weighted by Gasteiger charge is -2.38. The predicted octanol–water partition coefficient (Wildman–Crippen LogP) is 4.28. The summed E-state index contributed by atoms with van der Waals surface area (Å²) in [5, 5.41) is 5.04. The SMILES string of the molecule is COC1CC2CCC(C1)N2C(=O)c1ccc2noc(-c3ccccc3)c2c1. The Labute approximate surface area is 157 Å². The van der Waals surface area contributed by atoms with Crippen LogP contribution in [0.5, 0.6) is 0 Å². The van der Waals surface area contributed by atoms with Crippen LogP contribution in [0, 0.1) is 0 Å². The average Bonchev–Trinajstić information content (AvgIpc) is 3.25. The van der Waals surface area contributed by atoms with Gasteiger partial charge in [-0.05, 0) is 43.9 Å². The van der Waals surface area contributed by atoms with E-state index in [0.29, 0.717) is 11.3 Å². The fourth-order valence-corrected chi connectivity index (χ4v) is 4.67. The Bertz CT molecular complexity index is 968. The van der Waals surface area contributed by atoms with Crippen LogP contribution in [0.1, 0.15) is 36.0 Å². The minimum atomic E-state index is 0.110. The highest BCUT2D eigenvalue weighted by molar-refractivity contribution is 6.01. The number of hydrogen-bond donors (Lipinski definition) is 0. The summed E-state index contributed by atoms with van der Waals surface area (Å²) in [5.41, 5.74) is 2.44. The average molecular weight is 362 g/mol. The molecule has 2 aliphatic heterocycles. The molecular weight excluding hydrogens is 340 g/mol. The molecule has 2 unspecified atom stereocenters. The monoisotopic (exact) mass is 362 g/mol. The van der Waals surface area contributed by atoms with E-state index in [1.165, 1.54) is 0 Å². The summed E-state index contributed by atoms with van der Waals surface area (Å²) < 4.78 is 11.1. The van der Waals surface area contributed by atoms with Crippen LogP contribution in [-0.2, 0) is 4.74 Å². The highest BCUT2D eigenvalue weighted by atomic mass is 16.5. The number of aromatic nitrogens is 1. The molecule has 1 aromatic heterocycles. The molecule has 2 atom stereocenters. The summed E-state index contributed by atoms with van der Waals surface area (Å²) >= 11 is 0. The zero-order chi connectivity index (χ0) is 18.4. The third kappa shape index (κ3) is 2.73. The maximum Gasteiger partial charge on any atom is 0.254 e. The van der Waals surface area contributed by atoms with E-state index >= 15 is 0 Å². The topological polar surface area (TPSA) is 55.6 Å². The standard InChI is InChI=1S/C22H22N2O3/c1-26-18-12-16-8-9-17(13-18)24(16)22(25)15-7-10-20-19(11-15)21(27-23-20)14-5-3-2-4-6-14/h2-7,10-11,16-18H,8-9,12-13H2,1H3. The van der Waals surface area contributed by atoms with E-state index in [4.69, 9.17) is 9.26 Å². The molecule has 5 rings (SSSR count). The Hall–Kier alpha value is -2.66. The van der Waals surface area contributed by atoms with Gasteiger partial charge in [-0.3, -0.25) is 4.79 Å². The van der Waals surface area contributed by atoms with Crippen molar-refractivity contribution < 1.29 is 14.1 Å². The van der Waals surface area contributed by atoms with Gasteiger partial charge in [0.25, 0.3) is 5.91 Å². The van der Waals surface area contributed by atoms with Gasteiger partial charge >= 0.3 is 0 Å². The molecule has 27 heavy (non-hydrogen) atoms. The molecule has 0 aliphatic carbocycles. The second-order valence-electron chi connectivity index (χ2n) is 7.54. The zero-order valence-electron chi connectivity index (χ0n) is 15.3. The number of amides is 1. The van der Waals surface area contributed by atoms with Gasteiger partial charge in [0.2, 0.25) is 0 Å². The molecule has 3 heterocycles. The lowest BCUT2D eigenvalue weighted by Crippen LogP contribution is -2.48. The molecule has 0 radical (unpaired) electrons. The molecule has 2 aromatic carbocycles. The number of fused-ring (bicyclic) bond motifs is 3. The van der Waals surface area contributed by atoms with Gasteiger partial charge in [-0.15, -0.1) is 0 Å². The Kier molecular flexibility index (Phi) is 3.97. The van der Waals surface area contributed by atoms with Crippen molar-refractivity contribution in [1.29, 1.82) is 0 Å². The van der Waals surface area contributed by atoms with Crippen LogP contribution in [-0.4, -0.2) is 41.3 Å². The normalized spacial score (nSPS) is 24.5. The summed E-state index contributed by atoms with van der Waals surface area (Å²) in [5.74, 6) is 0.820. The Balaban J connectivity index is 1.50. The third-order valence-corrected chi connectivity index (χ3v) is 6.02. The first kappa shape index (κ1) is 16.5. The van der Waals surface area contributed by atoms with Gasteiger partial charge in [0.1, 0.15) is 5.52 Å². The van der Waals surface area contributed by atoms with Gasteiger partial charge in [0.05, 0.1) is 11.5 Å².